The largest absolute Gasteiger partial charge is 0.384 e. The van der Waals surface area contributed by atoms with Crippen molar-refractivity contribution < 1.29 is 9.84 Å². The highest BCUT2D eigenvalue weighted by Crippen LogP contribution is 2.25. The lowest BCUT2D eigenvalue weighted by Crippen LogP contribution is -2.00. The van der Waals surface area contributed by atoms with Gasteiger partial charge in [0.1, 0.15) is 6.10 Å². The predicted octanol–water partition coefficient (Wildman–Crippen LogP) is 3.46. The number of aromatic nitrogens is 1. The Kier molecular flexibility index (Phi) is 3.95. The molecule has 0 aliphatic carbocycles. The fourth-order valence-electron chi connectivity index (χ4n) is 2.41. The topological polar surface area (TPSA) is 42.4 Å². The van der Waals surface area contributed by atoms with Gasteiger partial charge in [0.25, 0.3) is 0 Å². The van der Waals surface area contributed by atoms with Gasteiger partial charge < -0.3 is 9.84 Å². The Balaban J connectivity index is 1.90. The molecule has 3 nitrogen and oxygen atoms in total. The first kappa shape index (κ1) is 13.7. The maximum absolute atomic E-state index is 10.5. The van der Waals surface area contributed by atoms with E-state index in [4.69, 9.17) is 4.74 Å². The molecule has 0 saturated carbocycles. The number of ether oxygens (including phenoxy) is 1. The van der Waals surface area contributed by atoms with E-state index in [-0.39, 0.29) is 0 Å². The van der Waals surface area contributed by atoms with Crippen LogP contribution in [0.2, 0.25) is 0 Å². The smallest absolute Gasteiger partial charge is 0.104 e. The number of fused-ring (bicyclic) bond motifs is 1. The minimum atomic E-state index is -0.645. The van der Waals surface area contributed by atoms with Gasteiger partial charge in [-0.1, -0.05) is 42.5 Å². The van der Waals surface area contributed by atoms with Crippen molar-refractivity contribution in [2.45, 2.75) is 12.7 Å². The zero-order valence-electron chi connectivity index (χ0n) is 11.9. The molecule has 0 aliphatic rings. The van der Waals surface area contributed by atoms with Crippen LogP contribution >= 0.6 is 0 Å². The molecule has 0 fully saturated rings. The van der Waals surface area contributed by atoms with Crippen molar-refractivity contribution in [1.82, 2.24) is 4.98 Å². The Morgan fingerprint density at radius 2 is 1.81 bits per heavy atom. The molecule has 2 aromatic carbocycles. The molecular formula is C18H17NO2. The number of aliphatic hydroxyl groups is 1. The van der Waals surface area contributed by atoms with E-state index in [0.717, 1.165) is 27.6 Å². The summed E-state index contributed by atoms with van der Waals surface area (Å²) in [5.74, 6) is 0. The third kappa shape index (κ3) is 2.94. The van der Waals surface area contributed by atoms with Crippen LogP contribution in [0.3, 0.4) is 0 Å². The molecule has 1 heterocycles. The second-order valence-electron chi connectivity index (χ2n) is 5.03. The van der Waals surface area contributed by atoms with Gasteiger partial charge in [0.2, 0.25) is 0 Å². The van der Waals surface area contributed by atoms with E-state index in [2.05, 4.69) is 4.98 Å². The maximum Gasteiger partial charge on any atom is 0.104 e. The Hall–Kier alpha value is -2.23. The minimum absolute atomic E-state index is 0.580. The number of methoxy groups -OCH3 is 1. The molecule has 21 heavy (non-hydrogen) atoms. The molecule has 106 valence electrons. The summed E-state index contributed by atoms with van der Waals surface area (Å²) >= 11 is 0. The van der Waals surface area contributed by atoms with Crippen molar-refractivity contribution >= 4 is 10.9 Å². The fraction of sp³-hybridized carbons (Fsp3) is 0.167. The summed E-state index contributed by atoms with van der Waals surface area (Å²) < 4.78 is 5.09. The number of aliphatic hydroxyl groups excluding tert-OH is 1. The van der Waals surface area contributed by atoms with Crippen molar-refractivity contribution in [3.63, 3.8) is 0 Å². The SMILES string of the molecule is COCc1ccc(C(O)c2ccc3cccnc3c2)cc1. The summed E-state index contributed by atoms with van der Waals surface area (Å²) in [6.07, 6.45) is 1.12. The predicted molar refractivity (Wildman–Crippen MR) is 83.0 cm³/mol. The molecule has 3 heteroatoms. The lowest BCUT2D eigenvalue weighted by molar-refractivity contribution is 0.184. The molecule has 1 atom stereocenters. The van der Waals surface area contributed by atoms with E-state index in [9.17, 15) is 5.11 Å². The van der Waals surface area contributed by atoms with Gasteiger partial charge in [-0.2, -0.15) is 0 Å². The molecule has 0 saturated heterocycles. The summed E-state index contributed by atoms with van der Waals surface area (Å²) in [6, 6.07) is 17.6. The van der Waals surface area contributed by atoms with Crippen molar-refractivity contribution in [3.8, 4) is 0 Å². The van der Waals surface area contributed by atoms with Gasteiger partial charge >= 0.3 is 0 Å². The first-order valence-corrected chi connectivity index (χ1v) is 6.88. The first-order chi connectivity index (χ1) is 10.3. The average molecular weight is 279 g/mol. The van der Waals surface area contributed by atoms with Crippen molar-refractivity contribution in [2.24, 2.45) is 0 Å². The van der Waals surface area contributed by atoms with E-state index in [1.54, 1.807) is 13.3 Å². The van der Waals surface area contributed by atoms with Gasteiger partial charge in [0.05, 0.1) is 12.1 Å². The maximum atomic E-state index is 10.5. The van der Waals surface area contributed by atoms with Crippen molar-refractivity contribution in [1.29, 1.82) is 0 Å². The second-order valence-corrected chi connectivity index (χ2v) is 5.03. The normalized spacial score (nSPS) is 12.5. The van der Waals surface area contributed by atoms with E-state index >= 15 is 0 Å². The molecule has 0 radical (unpaired) electrons. The third-order valence-electron chi connectivity index (χ3n) is 3.55. The quantitative estimate of drug-likeness (QED) is 0.795. The van der Waals surface area contributed by atoms with E-state index < -0.39 is 6.10 Å². The molecule has 0 spiro atoms. The molecule has 1 aromatic heterocycles. The van der Waals surface area contributed by atoms with E-state index in [1.165, 1.54) is 0 Å². The average Bonchev–Trinajstić information content (AvgIpc) is 2.55. The van der Waals surface area contributed by atoms with E-state index in [1.807, 2.05) is 54.6 Å². The molecule has 3 rings (SSSR count). The van der Waals surface area contributed by atoms with Crippen LogP contribution in [0.15, 0.2) is 60.8 Å². The van der Waals surface area contributed by atoms with Crippen LogP contribution in [0, 0.1) is 0 Å². The molecule has 0 bridgehead atoms. The zero-order chi connectivity index (χ0) is 14.7. The lowest BCUT2D eigenvalue weighted by atomic mass is 9.99. The minimum Gasteiger partial charge on any atom is -0.384 e. The summed E-state index contributed by atoms with van der Waals surface area (Å²) in [4.78, 5) is 4.33. The monoisotopic (exact) mass is 279 g/mol. The number of pyridine rings is 1. The number of rotatable bonds is 4. The number of hydrogen-bond acceptors (Lipinski definition) is 3. The number of benzene rings is 2. The highest BCUT2D eigenvalue weighted by atomic mass is 16.5. The van der Waals surface area contributed by atoms with Crippen LogP contribution in [0.5, 0.6) is 0 Å². The number of hydrogen-bond donors (Lipinski definition) is 1. The van der Waals surface area contributed by atoms with E-state index in [0.29, 0.717) is 6.61 Å². The Bertz CT molecular complexity index is 738. The van der Waals surface area contributed by atoms with Crippen LogP contribution in [-0.2, 0) is 11.3 Å². The zero-order valence-corrected chi connectivity index (χ0v) is 11.9. The fourth-order valence-corrected chi connectivity index (χ4v) is 2.41. The Morgan fingerprint density at radius 1 is 1.05 bits per heavy atom. The molecule has 1 N–H and O–H groups in total. The van der Waals surface area contributed by atoms with Gasteiger partial charge in [-0.15, -0.1) is 0 Å². The van der Waals surface area contributed by atoms with Crippen molar-refractivity contribution in [2.75, 3.05) is 7.11 Å². The molecule has 3 aromatic rings. The summed E-state index contributed by atoms with van der Waals surface area (Å²) in [7, 11) is 1.67. The molecule has 1 unspecified atom stereocenters. The lowest BCUT2D eigenvalue weighted by Gasteiger charge is -2.13. The van der Waals surface area contributed by atoms with Crippen LogP contribution in [-0.4, -0.2) is 17.2 Å². The Morgan fingerprint density at radius 3 is 2.57 bits per heavy atom. The first-order valence-electron chi connectivity index (χ1n) is 6.88. The van der Waals surface area contributed by atoms with Crippen LogP contribution in [0.4, 0.5) is 0 Å². The molecule has 0 aliphatic heterocycles. The van der Waals surface area contributed by atoms with Crippen molar-refractivity contribution in [3.05, 3.63) is 77.5 Å². The standard InChI is InChI=1S/C18H17NO2/c1-21-12-13-4-6-15(7-5-13)18(20)16-9-8-14-3-2-10-19-17(14)11-16/h2-11,18,20H,12H2,1H3. The van der Waals surface area contributed by atoms with Gasteiger partial charge in [0, 0.05) is 18.7 Å². The molecule has 0 amide bonds. The van der Waals surface area contributed by atoms with Gasteiger partial charge in [-0.05, 0) is 28.8 Å². The van der Waals surface area contributed by atoms with Gasteiger partial charge in [0.15, 0.2) is 0 Å². The van der Waals surface area contributed by atoms with Crippen LogP contribution in [0.25, 0.3) is 10.9 Å². The second kappa shape index (κ2) is 6.04. The third-order valence-corrected chi connectivity index (χ3v) is 3.55. The Labute approximate surface area is 123 Å². The van der Waals surface area contributed by atoms with Crippen LogP contribution in [0.1, 0.15) is 22.8 Å². The highest BCUT2D eigenvalue weighted by molar-refractivity contribution is 5.79. The molecular weight excluding hydrogens is 262 g/mol. The van der Waals surface area contributed by atoms with Crippen LogP contribution < -0.4 is 0 Å². The summed E-state index contributed by atoms with van der Waals surface area (Å²) in [5, 5.41) is 11.6. The highest BCUT2D eigenvalue weighted by Gasteiger charge is 2.11. The summed E-state index contributed by atoms with van der Waals surface area (Å²) in [5.41, 5.74) is 3.70. The summed E-state index contributed by atoms with van der Waals surface area (Å²) in [6.45, 7) is 0.580. The van der Waals surface area contributed by atoms with Gasteiger partial charge in [-0.3, -0.25) is 4.98 Å². The van der Waals surface area contributed by atoms with Gasteiger partial charge in [-0.25, -0.2) is 0 Å². The number of nitrogens with zero attached hydrogens (tertiary/aromatic N) is 1.